The first-order valence-electron chi connectivity index (χ1n) is 30.0. The van der Waals surface area contributed by atoms with E-state index in [-0.39, 0.29) is 76.5 Å². The summed E-state index contributed by atoms with van der Waals surface area (Å²) in [7, 11) is 1.31. The number of nitrogens with one attached hydrogen (secondary N) is 10. The van der Waals surface area contributed by atoms with Crippen molar-refractivity contribution in [3.8, 4) is 0 Å². The standard InChI is InChI=1S/C57H95N17O14/c1-8-57(6,54(88)70-40(30-43(59)78)47(81)66-37(18-12-13-23-58)48(82)72-56(4,5)53(87)71-44(32(2)76)51(85)62-7)73-49(83)39(28-34-16-10-9-11-17-34)69-46(80)38(29-35-21-25-63-26-22-35)68-45(79)36(19-14-24-64-55(60)61)67-50(84)42-20-15-27-74(42)52(86)41(31-75)65-33(3)77/h21-22,25-26,32,34,36-42,44,75-76H,8-20,23-24,27-31,58H2,1-7H3,(H2,59,78)(H,62,85)(H,65,77)(H,66,81)(H,67,84)(H,68,79)(H,69,80)(H,70,88)(H,71,87)(H,72,82)(H,73,83)(H4,60,61,64)/t32-,36+,37+,38+,39+,40+,41+,42-,44+,57+/m1/s1. The molecular weight excluding hydrogens is 1150 g/mol. The minimum Gasteiger partial charge on any atom is -0.394 e. The smallest absolute Gasteiger partial charge is 0.248 e. The molecular formula is C57H95N17O14. The zero-order valence-corrected chi connectivity index (χ0v) is 51.7. The Balaban J connectivity index is 1.97. The minimum absolute atomic E-state index is 0.0292. The van der Waals surface area contributed by atoms with Gasteiger partial charge in [0.15, 0.2) is 5.96 Å². The van der Waals surface area contributed by atoms with E-state index in [2.05, 4.69) is 63.1 Å². The van der Waals surface area contributed by atoms with E-state index in [0.29, 0.717) is 37.7 Å². The van der Waals surface area contributed by atoms with E-state index in [1.807, 2.05) is 0 Å². The van der Waals surface area contributed by atoms with Gasteiger partial charge in [-0.05, 0) is 116 Å². The van der Waals surface area contributed by atoms with Gasteiger partial charge in [-0.15, -0.1) is 0 Å². The van der Waals surface area contributed by atoms with Gasteiger partial charge in [0, 0.05) is 45.9 Å². The van der Waals surface area contributed by atoms with Crippen LogP contribution >= 0.6 is 0 Å². The van der Waals surface area contributed by atoms with E-state index < -0.39 is 149 Å². The van der Waals surface area contributed by atoms with Crippen molar-refractivity contribution in [2.75, 3.05) is 33.3 Å². The third-order valence-electron chi connectivity index (χ3n) is 15.5. The summed E-state index contributed by atoms with van der Waals surface area (Å²) >= 11 is 0. The van der Waals surface area contributed by atoms with E-state index in [9.17, 15) is 67.7 Å². The molecule has 12 amide bonds. The van der Waals surface area contributed by atoms with Crippen molar-refractivity contribution in [3.05, 3.63) is 30.1 Å². The van der Waals surface area contributed by atoms with Crippen LogP contribution in [0.4, 0.5) is 0 Å². The summed E-state index contributed by atoms with van der Waals surface area (Å²) in [5, 5.41) is 45.9. The van der Waals surface area contributed by atoms with Crippen molar-refractivity contribution in [3.63, 3.8) is 0 Å². The van der Waals surface area contributed by atoms with Crippen molar-refractivity contribution in [2.45, 2.75) is 210 Å². The molecule has 31 nitrogen and oxygen atoms in total. The number of nitrogens with zero attached hydrogens (tertiary/aromatic N) is 3. The van der Waals surface area contributed by atoms with Gasteiger partial charge in [-0.3, -0.25) is 67.5 Å². The van der Waals surface area contributed by atoms with Crippen LogP contribution in [0.15, 0.2) is 29.5 Å². The Morgan fingerprint density at radius 3 is 1.86 bits per heavy atom. The molecule has 31 heteroatoms. The number of aliphatic imine (C=N–C) groups is 1. The highest BCUT2D eigenvalue weighted by molar-refractivity contribution is 6.01. The van der Waals surface area contributed by atoms with Gasteiger partial charge in [0.05, 0.1) is 19.1 Å². The first kappa shape index (κ1) is 74.2. The molecule has 1 aliphatic heterocycles. The number of unbranched alkanes of at least 4 members (excludes halogenated alkanes) is 1. The summed E-state index contributed by atoms with van der Waals surface area (Å²) < 4.78 is 0. The molecule has 0 aromatic carbocycles. The number of guanidine groups is 1. The second-order valence-electron chi connectivity index (χ2n) is 23.2. The molecule has 0 bridgehead atoms. The highest BCUT2D eigenvalue weighted by atomic mass is 16.3. The summed E-state index contributed by atoms with van der Waals surface area (Å²) in [4.78, 5) is 174. The SMILES string of the molecule is CC[C@](C)(NC(=O)[C@H](CC1CCCCC1)NC(=O)[C@H](Cc1ccncc1)NC(=O)[C@H](CCCN=C(N)N)NC(=O)[C@H]1CCCN1C(=O)[C@H](CO)NC(C)=O)C(=O)N[C@@H](CC(N)=O)C(=O)N[C@@H](CCCCN)C(=O)NC(C)(C)C(=O)N[C@H](C(=O)NC)[C@@H](C)O. The summed E-state index contributed by atoms with van der Waals surface area (Å²) in [5.74, 6) is -10.2. The molecule has 1 aromatic heterocycles. The average Bonchev–Trinajstić information content (AvgIpc) is 1.89. The number of carbonyl (C=O) groups is 12. The molecule has 2 heterocycles. The number of likely N-dealkylation sites (tertiary alicyclic amines) is 1. The van der Waals surface area contributed by atoms with Crippen LogP contribution in [0.1, 0.15) is 143 Å². The topological polar surface area (TPSA) is 498 Å². The number of rotatable bonds is 36. The van der Waals surface area contributed by atoms with Crippen LogP contribution in [0, 0.1) is 5.92 Å². The number of hydrogen-bond donors (Lipinski definition) is 16. The molecule has 1 aliphatic carbocycles. The Labute approximate surface area is 513 Å². The summed E-state index contributed by atoms with van der Waals surface area (Å²) in [6.07, 6.45) is 6.13. The average molecular weight is 1240 g/mol. The molecule has 20 N–H and O–H groups in total. The predicted octanol–water partition coefficient (Wildman–Crippen LogP) is -4.64. The van der Waals surface area contributed by atoms with E-state index in [1.165, 1.54) is 59.0 Å². The van der Waals surface area contributed by atoms with Crippen molar-refractivity contribution in [1.82, 2.24) is 63.1 Å². The number of primary amides is 1. The lowest BCUT2D eigenvalue weighted by Gasteiger charge is -2.34. The first-order valence-corrected chi connectivity index (χ1v) is 30.0. The Morgan fingerprint density at radius 1 is 0.693 bits per heavy atom. The number of nitrogens with two attached hydrogens (primary N) is 4. The number of likely N-dealkylation sites (N-methyl/N-ethyl adjacent to an activating group) is 1. The van der Waals surface area contributed by atoms with Crippen molar-refractivity contribution >= 4 is 76.8 Å². The fourth-order valence-corrected chi connectivity index (χ4v) is 10.2. The van der Waals surface area contributed by atoms with Crippen molar-refractivity contribution < 1.29 is 67.7 Å². The van der Waals surface area contributed by atoms with E-state index in [1.54, 1.807) is 19.1 Å². The summed E-state index contributed by atoms with van der Waals surface area (Å²) in [6.45, 7) is 7.71. The molecule has 2 aliphatic rings. The Morgan fingerprint density at radius 2 is 1.28 bits per heavy atom. The van der Waals surface area contributed by atoms with Crippen LogP contribution in [0.3, 0.4) is 0 Å². The van der Waals surface area contributed by atoms with Crippen LogP contribution in [-0.2, 0) is 64.0 Å². The molecule has 3 rings (SSSR count). The maximum Gasteiger partial charge on any atom is 0.248 e. The second-order valence-corrected chi connectivity index (χ2v) is 23.2. The van der Waals surface area contributed by atoms with Gasteiger partial charge in [0.25, 0.3) is 0 Å². The minimum atomic E-state index is -1.85. The monoisotopic (exact) mass is 1240 g/mol. The van der Waals surface area contributed by atoms with Crippen molar-refractivity contribution in [1.29, 1.82) is 0 Å². The van der Waals surface area contributed by atoms with E-state index >= 15 is 0 Å². The number of carbonyl (C=O) groups excluding carboxylic acids is 12. The first-order chi connectivity index (χ1) is 41.5. The number of aromatic nitrogens is 1. The second kappa shape index (κ2) is 36.3. The fourth-order valence-electron chi connectivity index (χ4n) is 10.2. The van der Waals surface area contributed by atoms with Crippen LogP contribution in [0.5, 0.6) is 0 Å². The Hall–Kier alpha value is -8.06. The number of amides is 12. The van der Waals surface area contributed by atoms with Crippen molar-refractivity contribution in [2.24, 2.45) is 33.8 Å². The van der Waals surface area contributed by atoms with Crippen LogP contribution in [0.2, 0.25) is 0 Å². The van der Waals surface area contributed by atoms with Gasteiger partial charge < -0.3 is 91.2 Å². The summed E-state index contributed by atoms with van der Waals surface area (Å²) in [6, 6.07) is -7.79. The van der Waals surface area contributed by atoms with E-state index in [4.69, 9.17) is 22.9 Å². The van der Waals surface area contributed by atoms with Gasteiger partial charge >= 0.3 is 0 Å². The number of pyridine rings is 1. The molecule has 0 radical (unpaired) electrons. The maximum absolute atomic E-state index is 14.8. The molecule has 1 saturated carbocycles. The summed E-state index contributed by atoms with van der Waals surface area (Å²) in [5.41, 5.74) is 19.4. The highest BCUT2D eigenvalue weighted by Crippen LogP contribution is 2.28. The Kier molecular flexibility index (Phi) is 30.6. The molecule has 492 valence electrons. The highest BCUT2D eigenvalue weighted by Gasteiger charge is 2.43. The Bertz CT molecular complexity index is 2600. The molecule has 88 heavy (non-hydrogen) atoms. The largest absolute Gasteiger partial charge is 0.394 e. The van der Waals surface area contributed by atoms with Gasteiger partial charge in [-0.2, -0.15) is 0 Å². The lowest BCUT2D eigenvalue weighted by molar-refractivity contribution is -0.143. The third-order valence-corrected chi connectivity index (χ3v) is 15.5. The van der Waals surface area contributed by atoms with Gasteiger partial charge in [-0.25, -0.2) is 0 Å². The number of hydrogen-bond acceptors (Lipinski definition) is 17. The zero-order valence-electron chi connectivity index (χ0n) is 51.7. The molecule has 1 saturated heterocycles. The van der Waals surface area contributed by atoms with Gasteiger partial charge in [0.2, 0.25) is 70.9 Å². The van der Waals surface area contributed by atoms with Crippen LogP contribution < -0.4 is 76.1 Å². The fraction of sp³-hybridized carbons (Fsp3) is 0.684. The lowest BCUT2D eigenvalue weighted by Crippen LogP contribution is -2.65. The van der Waals surface area contributed by atoms with Gasteiger partial charge in [-0.1, -0.05) is 39.0 Å². The quantitative estimate of drug-likeness (QED) is 0.0171. The third kappa shape index (κ3) is 23.9. The lowest BCUT2D eigenvalue weighted by atomic mass is 9.84. The number of aliphatic hydroxyl groups is 2. The molecule has 1 aromatic rings. The molecule has 0 unspecified atom stereocenters. The number of aliphatic hydroxyl groups excluding tert-OH is 2. The molecule has 2 fully saturated rings. The van der Waals surface area contributed by atoms with Crippen LogP contribution in [0.25, 0.3) is 0 Å². The van der Waals surface area contributed by atoms with E-state index in [0.717, 1.165) is 19.3 Å². The molecule has 0 spiro atoms. The maximum atomic E-state index is 14.8. The molecule has 10 atom stereocenters. The van der Waals surface area contributed by atoms with Gasteiger partial charge in [0.1, 0.15) is 59.4 Å². The zero-order chi connectivity index (χ0) is 65.9. The predicted molar refractivity (Wildman–Crippen MR) is 322 cm³/mol. The van der Waals surface area contributed by atoms with Crippen LogP contribution in [-0.4, -0.2) is 196 Å². The normalized spacial score (nSPS) is 17.6.